The summed E-state index contributed by atoms with van der Waals surface area (Å²) in [4.78, 5) is 0. The molecule has 1 heterocycles. The Balaban J connectivity index is 2.56. The van der Waals surface area contributed by atoms with E-state index >= 15 is 0 Å². The van der Waals surface area contributed by atoms with Crippen LogP contribution in [0, 0.1) is 20.8 Å². The van der Waals surface area contributed by atoms with Gasteiger partial charge < -0.3 is 5.32 Å². The van der Waals surface area contributed by atoms with Crippen molar-refractivity contribution in [2.75, 3.05) is 7.05 Å². The molecule has 4 heteroatoms. The minimum Gasteiger partial charge on any atom is -0.314 e. The standard InChI is InChI=1S/C14H18BrN3/c1-8-5-9(2)12(10(3)6-8)14-13(15)11(7-16-4)17-18-14/h5-6,16H,7H2,1-4H3,(H,17,18). The lowest BCUT2D eigenvalue weighted by molar-refractivity contribution is 0.781. The lowest BCUT2D eigenvalue weighted by Crippen LogP contribution is -2.05. The van der Waals surface area contributed by atoms with Crippen LogP contribution in [-0.4, -0.2) is 17.2 Å². The van der Waals surface area contributed by atoms with Crippen molar-refractivity contribution in [1.29, 1.82) is 0 Å². The number of H-pyrrole nitrogens is 1. The molecule has 0 unspecified atom stereocenters. The summed E-state index contributed by atoms with van der Waals surface area (Å²) < 4.78 is 1.05. The van der Waals surface area contributed by atoms with Crippen LogP contribution in [0.4, 0.5) is 0 Å². The predicted octanol–water partition coefficient (Wildman–Crippen LogP) is 3.48. The van der Waals surface area contributed by atoms with Crippen LogP contribution in [0.25, 0.3) is 11.3 Å². The molecule has 1 aromatic carbocycles. The minimum absolute atomic E-state index is 0.775. The molecular weight excluding hydrogens is 290 g/mol. The lowest BCUT2D eigenvalue weighted by atomic mass is 9.97. The summed E-state index contributed by atoms with van der Waals surface area (Å²) in [5.74, 6) is 0. The van der Waals surface area contributed by atoms with Gasteiger partial charge in [0.05, 0.1) is 10.2 Å². The summed E-state index contributed by atoms with van der Waals surface area (Å²) in [5, 5.41) is 10.7. The third-order valence-electron chi connectivity index (χ3n) is 3.04. The van der Waals surface area contributed by atoms with Gasteiger partial charge in [0.2, 0.25) is 0 Å². The van der Waals surface area contributed by atoms with Gasteiger partial charge in [-0.25, -0.2) is 0 Å². The zero-order valence-corrected chi connectivity index (χ0v) is 12.8. The average molecular weight is 308 g/mol. The third-order valence-corrected chi connectivity index (χ3v) is 3.90. The second kappa shape index (κ2) is 5.24. The number of nitrogens with one attached hydrogen (secondary N) is 2. The van der Waals surface area contributed by atoms with Gasteiger partial charge in [-0.2, -0.15) is 5.10 Å². The summed E-state index contributed by atoms with van der Waals surface area (Å²) in [6.45, 7) is 7.16. The van der Waals surface area contributed by atoms with Gasteiger partial charge in [-0.15, -0.1) is 0 Å². The molecule has 3 nitrogen and oxygen atoms in total. The molecule has 0 bridgehead atoms. The Morgan fingerprint density at radius 3 is 2.39 bits per heavy atom. The first kappa shape index (κ1) is 13.3. The highest BCUT2D eigenvalue weighted by molar-refractivity contribution is 9.10. The molecule has 0 aliphatic heterocycles. The number of aromatic amines is 1. The highest BCUT2D eigenvalue weighted by atomic mass is 79.9. The Hall–Kier alpha value is -1.13. The number of aryl methyl sites for hydroxylation is 3. The predicted molar refractivity (Wildman–Crippen MR) is 78.7 cm³/mol. The molecule has 0 spiro atoms. The topological polar surface area (TPSA) is 40.7 Å². The number of benzene rings is 1. The van der Waals surface area contributed by atoms with Crippen molar-refractivity contribution in [2.45, 2.75) is 27.3 Å². The molecule has 2 rings (SSSR count). The average Bonchev–Trinajstić information content (AvgIpc) is 2.61. The minimum atomic E-state index is 0.775. The van der Waals surface area contributed by atoms with Gasteiger partial charge in [-0.1, -0.05) is 17.7 Å². The molecular formula is C14H18BrN3. The van der Waals surface area contributed by atoms with Crippen LogP contribution >= 0.6 is 15.9 Å². The number of halogens is 1. The first-order chi connectivity index (χ1) is 8.54. The largest absolute Gasteiger partial charge is 0.314 e. The Morgan fingerprint density at radius 2 is 1.83 bits per heavy atom. The van der Waals surface area contributed by atoms with Gasteiger partial charge in [0, 0.05) is 12.1 Å². The maximum atomic E-state index is 4.44. The fraction of sp³-hybridized carbons (Fsp3) is 0.357. The van der Waals surface area contributed by atoms with E-state index in [2.05, 4.69) is 64.3 Å². The summed E-state index contributed by atoms with van der Waals surface area (Å²) in [5.41, 5.74) is 7.09. The molecule has 0 saturated carbocycles. The van der Waals surface area contributed by atoms with E-state index in [0.717, 1.165) is 22.4 Å². The van der Waals surface area contributed by atoms with E-state index in [1.807, 2.05) is 7.05 Å². The quantitative estimate of drug-likeness (QED) is 0.911. The van der Waals surface area contributed by atoms with E-state index < -0.39 is 0 Å². The van der Waals surface area contributed by atoms with Crippen molar-refractivity contribution in [3.63, 3.8) is 0 Å². The summed E-state index contributed by atoms with van der Waals surface area (Å²) in [6.07, 6.45) is 0. The van der Waals surface area contributed by atoms with Crippen molar-refractivity contribution < 1.29 is 0 Å². The summed E-state index contributed by atoms with van der Waals surface area (Å²) in [7, 11) is 1.93. The van der Waals surface area contributed by atoms with Crippen LogP contribution in [0.3, 0.4) is 0 Å². The van der Waals surface area contributed by atoms with E-state index in [-0.39, 0.29) is 0 Å². The number of aromatic nitrogens is 2. The van der Waals surface area contributed by atoms with Crippen molar-refractivity contribution in [3.05, 3.63) is 39.0 Å². The van der Waals surface area contributed by atoms with Gasteiger partial charge in [-0.3, -0.25) is 5.10 Å². The monoisotopic (exact) mass is 307 g/mol. The third kappa shape index (κ3) is 2.35. The van der Waals surface area contributed by atoms with Crippen LogP contribution in [0.1, 0.15) is 22.4 Å². The molecule has 1 aromatic heterocycles. The molecule has 96 valence electrons. The van der Waals surface area contributed by atoms with Crippen LogP contribution in [0.15, 0.2) is 16.6 Å². The second-order valence-corrected chi connectivity index (χ2v) is 5.46. The molecule has 2 aromatic rings. The smallest absolute Gasteiger partial charge is 0.107 e. The zero-order chi connectivity index (χ0) is 13.3. The molecule has 0 aliphatic rings. The second-order valence-electron chi connectivity index (χ2n) is 4.67. The molecule has 0 amide bonds. The van der Waals surface area contributed by atoms with Gasteiger partial charge in [0.25, 0.3) is 0 Å². The van der Waals surface area contributed by atoms with Crippen molar-refractivity contribution in [2.24, 2.45) is 0 Å². The number of hydrogen-bond acceptors (Lipinski definition) is 2. The highest BCUT2D eigenvalue weighted by Gasteiger charge is 2.15. The molecule has 0 atom stereocenters. The summed E-state index contributed by atoms with van der Waals surface area (Å²) in [6, 6.07) is 4.39. The maximum absolute atomic E-state index is 4.44. The number of rotatable bonds is 3. The van der Waals surface area contributed by atoms with Crippen LogP contribution in [0.5, 0.6) is 0 Å². The van der Waals surface area contributed by atoms with E-state index in [1.54, 1.807) is 0 Å². The SMILES string of the molecule is CNCc1[nH]nc(-c2c(C)cc(C)cc2C)c1Br. The summed E-state index contributed by atoms with van der Waals surface area (Å²) >= 11 is 3.64. The Morgan fingerprint density at radius 1 is 1.22 bits per heavy atom. The first-order valence-electron chi connectivity index (χ1n) is 6.00. The normalized spacial score (nSPS) is 10.9. The Labute approximate surface area is 116 Å². The Kier molecular flexibility index (Phi) is 3.88. The first-order valence-corrected chi connectivity index (χ1v) is 6.79. The lowest BCUT2D eigenvalue weighted by Gasteiger charge is -2.09. The number of nitrogens with zero attached hydrogens (tertiary/aromatic N) is 1. The van der Waals surface area contributed by atoms with E-state index in [4.69, 9.17) is 0 Å². The van der Waals surface area contributed by atoms with Crippen LogP contribution < -0.4 is 5.32 Å². The van der Waals surface area contributed by atoms with Crippen molar-refractivity contribution >= 4 is 15.9 Å². The van der Waals surface area contributed by atoms with E-state index in [1.165, 1.54) is 22.3 Å². The molecule has 0 fully saturated rings. The van der Waals surface area contributed by atoms with Gasteiger partial charge >= 0.3 is 0 Å². The van der Waals surface area contributed by atoms with Gasteiger partial charge in [-0.05, 0) is 54.9 Å². The molecule has 0 radical (unpaired) electrons. The van der Waals surface area contributed by atoms with Crippen molar-refractivity contribution in [1.82, 2.24) is 15.5 Å². The zero-order valence-electron chi connectivity index (χ0n) is 11.2. The van der Waals surface area contributed by atoms with Gasteiger partial charge in [0.1, 0.15) is 5.69 Å². The highest BCUT2D eigenvalue weighted by Crippen LogP contribution is 2.33. The fourth-order valence-electron chi connectivity index (χ4n) is 2.38. The van der Waals surface area contributed by atoms with E-state index in [0.29, 0.717) is 0 Å². The Bertz CT molecular complexity index is 549. The molecule has 2 N–H and O–H groups in total. The van der Waals surface area contributed by atoms with Crippen molar-refractivity contribution in [3.8, 4) is 11.3 Å². The fourth-order valence-corrected chi connectivity index (χ4v) is 2.89. The van der Waals surface area contributed by atoms with Crippen LogP contribution in [0.2, 0.25) is 0 Å². The van der Waals surface area contributed by atoms with Gasteiger partial charge in [0.15, 0.2) is 0 Å². The molecule has 18 heavy (non-hydrogen) atoms. The van der Waals surface area contributed by atoms with Crippen LogP contribution in [-0.2, 0) is 6.54 Å². The number of hydrogen-bond donors (Lipinski definition) is 2. The molecule has 0 aliphatic carbocycles. The molecule has 0 saturated heterocycles. The maximum Gasteiger partial charge on any atom is 0.107 e. The van der Waals surface area contributed by atoms with E-state index in [9.17, 15) is 0 Å².